The minimum absolute atomic E-state index is 0.0480. The van der Waals surface area contributed by atoms with Crippen LogP contribution in [0.3, 0.4) is 0 Å². The molecule has 0 amide bonds. The van der Waals surface area contributed by atoms with Gasteiger partial charge in [-0.3, -0.25) is 10.1 Å². The molecule has 0 radical (unpaired) electrons. The van der Waals surface area contributed by atoms with Gasteiger partial charge in [0.2, 0.25) is 0 Å². The highest BCUT2D eigenvalue weighted by molar-refractivity contribution is 5.83. The lowest BCUT2D eigenvalue weighted by atomic mass is 10.2. The molecule has 1 aromatic heterocycles. The highest BCUT2D eigenvalue weighted by Gasteiger charge is 2.08. The molecule has 1 aromatic carbocycles. The van der Waals surface area contributed by atoms with E-state index in [2.05, 4.69) is 0 Å². The number of carbonyl (C=O) groups is 1. The number of esters is 1. The van der Waals surface area contributed by atoms with Crippen molar-refractivity contribution >= 4 is 22.6 Å². The summed E-state index contributed by atoms with van der Waals surface area (Å²) in [5.74, 6) is -0.394. The van der Waals surface area contributed by atoms with E-state index in [4.69, 9.17) is 4.74 Å². The predicted octanol–water partition coefficient (Wildman–Crippen LogP) is 2.67. The van der Waals surface area contributed by atoms with Crippen molar-refractivity contribution in [1.82, 2.24) is 4.57 Å². The van der Waals surface area contributed by atoms with Crippen molar-refractivity contribution in [3.05, 3.63) is 52.7 Å². The summed E-state index contributed by atoms with van der Waals surface area (Å²) in [6.45, 7) is 2.52. The molecule has 20 heavy (non-hydrogen) atoms. The van der Waals surface area contributed by atoms with Crippen LogP contribution in [0.5, 0.6) is 0 Å². The quantitative estimate of drug-likeness (QED) is 0.363. The lowest BCUT2D eigenvalue weighted by molar-refractivity contribution is -0.384. The van der Waals surface area contributed by atoms with Gasteiger partial charge < -0.3 is 9.30 Å². The van der Waals surface area contributed by atoms with Crippen LogP contribution >= 0.6 is 0 Å². The van der Waals surface area contributed by atoms with Gasteiger partial charge in [0, 0.05) is 36.3 Å². The van der Waals surface area contributed by atoms with Crippen LogP contribution in [0.15, 0.2) is 42.6 Å². The van der Waals surface area contributed by atoms with Gasteiger partial charge in [-0.15, -0.1) is 0 Å². The van der Waals surface area contributed by atoms with Gasteiger partial charge in [0.1, 0.15) is 0 Å². The summed E-state index contributed by atoms with van der Waals surface area (Å²) >= 11 is 0. The van der Waals surface area contributed by atoms with Crippen LogP contribution in [-0.2, 0) is 16.1 Å². The molecular formula is C14H14N2O4. The molecule has 0 saturated carbocycles. The number of aromatic nitrogens is 1. The number of nitro groups is 1. The minimum Gasteiger partial charge on any atom is -0.463 e. The summed E-state index contributed by atoms with van der Waals surface area (Å²) in [5.41, 5.74) is 0.805. The number of ether oxygens (including phenoxy) is 1. The van der Waals surface area contributed by atoms with E-state index in [0.29, 0.717) is 13.2 Å². The smallest absolute Gasteiger partial charge is 0.330 e. The Labute approximate surface area is 115 Å². The second kappa shape index (κ2) is 6.01. The summed E-state index contributed by atoms with van der Waals surface area (Å²) in [6.07, 6.45) is 4.84. The van der Waals surface area contributed by atoms with E-state index < -0.39 is 10.9 Å². The van der Waals surface area contributed by atoms with Crippen molar-refractivity contribution in [2.45, 2.75) is 13.5 Å². The first-order valence-corrected chi connectivity index (χ1v) is 6.18. The molecule has 0 aliphatic rings. The number of benzene rings is 1. The number of carbonyl (C=O) groups excluding carboxylic acids is 1. The van der Waals surface area contributed by atoms with Crippen LogP contribution in [0.1, 0.15) is 6.92 Å². The molecule has 1 heterocycles. The van der Waals surface area contributed by atoms with Crippen molar-refractivity contribution < 1.29 is 14.5 Å². The van der Waals surface area contributed by atoms with Gasteiger partial charge >= 0.3 is 5.97 Å². The lowest BCUT2D eigenvalue weighted by Crippen LogP contribution is -2.00. The fourth-order valence-corrected chi connectivity index (χ4v) is 1.90. The van der Waals surface area contributed by atoms with Crippen LogP contribution in [-0.4, -0.2) is 22.1 Å². The van der Waals surface area contributed by atoms with Crippen molar-refractivity contribution in [3.8, 4) is 0 Å². The largest absolute Gasteiger partial charge is 0.463 e. The van der Waals surface area contributed by atoms with E-state index in [1.807, 2.05) is 16.8 Å². The monoisotopic (exact) mass is 274 g/mol. The zero-order chi connectivity index (χ0) is 14.5. The topological polar surface area (TPSA) is 74.4 Å². The molecule has 0 spiro atoms. The van der Waals surface area contributed by atoms with Gasteiger partial charge in [0.05, 0.1) is 17.0 Å². The second-order valence-corrected chi connectivity index (χ2v) is 4.12. The Balaban J connectivity index is 2.20. The Hall–Kier alpha value is -2.63. The Morgan fingerprint density at radius 2 is 2.25 bits per heavy atom. The van der Waals surface area contributed by atoms with Crippen molar-refractivity contribution in [3.63, 3.8) is 0 Å². The molecule has 2 rings (SSSR count). The molecule has 2 aromatic rings. The van der Waals surface area contributed by atoms with Crippen LogP contribution in [0.25, 0.3) is 10.9 Å². The maximum Gasteiger partial charge on any atom is 0.330 e. The molecule has 0 atom stereocenters. The van der Waals surface area contributed by atoms with E-state index in [1.54, 1.807) is 19.1 Å². The first-order valence-electron chi connectivity index (χ1n) is 6.18. The number of non-ortho nitro benzene ring substituents is 1. The average Bonchev–Trinajstić information content (AvgIpc) is 2.81. The molecule has 104 valence electrons. The molecule has 0 saturated heterocycles. The van der Waals surface area contributed by atoms with Crippen LogP contribution in [0.4, 0.5) is 5.69 Å². The van der Waals surface area contributed by atoms with E-state index in [-0.39, 0.29) is 5.69 Å². The van der Waals surface area contributed by atoms with E-state index >= 15 is 0 Å². The molecule has 6 heteroatoms. The molecule has 0 aliphatic carbocycles. The third-order valence-electron chi connectivity index (χ3n) is 2.81. The zero-order valence-corrected chi connectivity index (χ0v) is 11.0. The summed E-state index contributed by atoms with van der Waals surface area (Å²) in [7, 11) is 0. The Kier molecular flexibility index (Phi) is 4.14. The second-order valence-electron chi connectivity index (χ2n) is 4.12. The SMILES string of the molecule is CCOC(=O)/C=C/Cn1ccc2ccc([N+](=O)[O-])cc21. The highest BCUT2D eigenvalue weighted by atomic mass is 16.6. The van der Waals surface area contributed by atoms with E-state index in [1.165, 1.54) is 18.2 Å². The number of nitrogens with zero attached hydrogens (tertiary/aromatic N) is 2. The summed E-state index contributed by atoms with van der Waals surface area (Å²) in [5, 5.41) is 11.7. The Morgan fingerprint density at radius 3 is 2.95 bits per heavy atom. The van der Waals surface area contributed by atoms with Gasteiger partial charge in [-0.25, -0.2) is 4.79 Å². The van der Waals surface area contributed by atoms with Gasteiger partial charge in [-0.05, 0) is 19.1 Å². The first-order chi connectivity index (χ1) is 9.61. The van der Waals surface area contributed by atoms with Gasteiger partial charge in [-0.2, -0.15) is 0 Å². The van der Waals surface area contributed by atoms with Crippen LogP contribution in [0, 0.1) is 10.1 Å². The van der Waals surface area contributed by atoms with E-state index in [9.17, 15) is 14.9 Å². The highest BCUT2D eigenvalue weighted by Crippen LogP contribution is 2.21. The number of hydrogen-bond donors (Lipinski definition) is 0. The number of nitro benzene ring substituents is 1. The van der Waals surface area contributed by atoms with Gasteiger partial charge in [0.15, 0.2) is 0 Å². The third-order valence-corrected chi connectivity index (χ3v) is 2.81. The van der Waals surface area contributed by atoms with Crippen LogP contribution < -0.4 is 0 Å². The average molecular weight is 274 g/mol. The maximum atomic E-state index is 11.2. The van der Waals surface area contributed by atoms with Crippen LogP contribution in [0.2, 0.25) is 0 Å². The van der Waals surface area contributed by atoms with Crippen molar-refractivity contribution in [2.75, 3.05) is 6.61 Å². The molecule has 0 bridgehead atoms. The fourth-order valence-electron chi connectivity index (χ4n) is 1.90. The maximum absolute atomic E-state index is 11.2. The summed E-state index contributed by atoms with van der Waals surface area (Å²) in [4.78, 5) is 21.5. The van der Waals surface area contributed by atoms with Gasteiger partial charge in [0.25, 0.3) is 5.69 Å². The summed E-state index contributed by atoms with van der Waals surface area (Å²) in [6, 6.07) is 6.57. The predicted molar refractivity (Wildman–Crippen MR) is 74.4 cm³/mol. The van der Waals surface area contributed by atoms with E-state index in [0.717, 1.165) is 10.9 Å². The third kappa shape index (κ3) is 3.03. The molecule has 0 fully saturated rings. The Morgan fingerprint density at radius 1 is 1.45 bits per heavy atom. The number of hydrogen-bond acceptors (Lipinski definition) is 4. The standard InChI is InChI=1S/C14H14N2O4/c1-2-20-14(17)4-3-8-15-9-7-11-5-6-12(16(18)19)10-13(11)15/h3-7,9-10H,2,8H2,1H3/b4-3+. The molecular weight excluding hydrogens is 260 g/mol. The number of fused-ring (bicyclic) bond motifs is 1. The lowest BCUT2D eigenvalue weighted by Gasteiger charge is -2.01. The molecule has 0 N–H and O–H groups in total. The number of allylic oxidation sites excluding steroid dienone is 1. The number of rotatable bonds is 5. The molecule has 6 nitrogen and oxygen atoms in total. The van der Waals surface area contributed by atoms with Gasteiger partial charge in [-0.1, -0.05) is 6.08 Å². The normalized spacial score (nSPS) is 11.1. The van der Waals surface area contributed by atoms with Crippen molar-refractivity contribution in [2.24, 2.45) is 0 Å². The minimum atomic E-state index is -0.425. The Bertz CT molecular complexity index is 673. The fraction of sp³-hybridized carbons (Fsp3) is 0.214. The molecule has 0 aliphatic heterocycles. The zero-order valence-electron chi connectivity index (χ0n) is 11.0. The first kappa shape index (κ1) is 13.8. The molecule has 0 unspecified atom stereocenters. The summed E-state index contributed by atoms with van der Waals surface area (Å²) < 4.78 is 6.61. The van der Waals surface area contributed by atoms with Crippen molar-refractivity contribution in [1.29, 1.82) is 0 Å².